The van der Waals surface area contributed by atoms with Crippen molar-refractivity contribution in [2.24, 2.45) is 0 Å². The maximum atomic E-state index is 9.66. The summed E-state index contributed by atoms with van der Waals surface area (Å²) in [5.74, 6) is 0. The number of nitriles is 1. The second-order valence-electron chi connectivity index (χ2n) is 6.51. The molecule has 0 aliphatic rings. The Bertz CT molecular complexity index is 1210. The number of hydrogen-bond acceptors (Lipinski definition) is 1. The van der Waals surface area contributed by atoms with Crippen molar-refractivity contribution in [1.29, 1.82) is 5.26 Å². The van der Waals surface area contributed by atoms with Gasteiger partial charge in [-0.05, 0) is 35.4 Å². The van der Waals surface area contributed by atoms with Gasteiger partial charge in [0.15, 0.2) is 0 Å². The molecule has 0 N–H and O–H groups in total. The lowest BCUT2D eigenvalue weighted by atomic mass is 10.0. The highest BCUT2D eigenvalue weighted by atomic mass is 35.5. The van der Waals surface area contributed by atoms with Gasteiger partial charge in [-0.1, -0.05) is 77.8 Å². The van der Waals surface area contributed by atoms with Crippen molar-refractivity contribution in [3.8, 4) is 6.07 Å². The Labute approximate surface area is 173 Å². The smallest absolute Gasteiger partial charge is 0.0998 e. The molecule has 0 spiro atoms. The summed E-state index contributed by atoms with van der Waals surface area (Å²) in [5, 5.41) is 11.9. The van der Waals surface area contributed by atoms with E-state index in [2.05, 4.69) is 29.0 Å². The Kier molecular flexibility index (Phi) is 5.21. The Morgan fingerprint density at radius 3 is 2.43 bits per heavy atom. The van der Waals surface area contributed by atoms with Gasteiger partial charge in [0.1, 0.15) is 0 Å². The number of fused-ring (bicyclic) bond motifs is 1. The van der Waals surface area contributed by atoms with Crippen LogP contribution in [0.5, 0.6) is 0 Å². The first-order valence-electron chi connectivity index (χ1n) is 8.85. The van der Waals surface area contributed by atoms with Crippen molar-refractivity contribution in [3.63, 3.8) is 0 Å². The predicted molar refractivity (Wildman–Crippen MR) is 117 cm³/mol. The molecule has 0 amide bonds. The molecule has 28 heavy (non-hydrogen) atoms. The third-order valence-electron chi connectivity index (χ3n) is 4.66. The highest BCUT2D eigenvalue weighted by molar-refractivity contribution is 6.42. The largest absolute Gasteiger partial charge is 0.342 e. The maximum absolute atomic E-state index is 9.66. The van der Waals surface area contributed by atoms with Crippen LogP contribution in [0.1, 0.15) is 16.7 Å². The van der Waals surface area contributed by atoms with Crippen molar-refractivity contribution in [3.05, 3.63) is 106 Å². The molecule has 0 aliphatic carbocycles. The predicted octanol–water partition coefficient (Wildman–Crippen LogP) is 7.06. The Morgan fingerprint density at radius 2 is 1.68 bits per heavy atom. The zero-order chi connectivity index (χ0) is 19.5. The quantitative estimate of drug-likeness (QED) is 0.335. The van der Waals surface area contributed by atoms with Crippen LogP contribution in [0, 0.1) is 11.3 Å². The first-order chi connectivity index (χ1) is 13.7. The summed E-state index contributed by atoms with van der Waals surface area (Å²) >= 11 is 12.2. The number of benzene rings is 3. The maximum Gasteiger partial charge on any atom is 0.0998 e. The van der Waals surface area contributed by atoms with E-state index in [-0.39, 0.29) is 0 Å². The van der Waals surface area contributed by atoms with E-state index in [0.717, 1.165) is 27.6 Å². The number of allylic oxidation sites excluding steroid dienone is 1. The van der Waals surface area contributed by atoms with Crippen LogP contribution in [0.3, 0.4) is 0 Å². The summed E-state index contributed by atoms with van der Waals surface area (Å²) in [4.78, 5) is 0. The summed E-state index contributed by atoms with van der Waals surface area (Å²) in [5.41, 5.74) is 4.72. The highest BCUT2D eigenvalue weighted by Crippen LogP contribution is 2.28. The van der Waals surface area contributed by atoms with E-state index in [0.29, 0.717) is 22.2 Å². The topological polar surface area (TPSA) is 28.7 Å². The number of hydrogen-bond donors (Lipinski definition) is 0. The number of nitrogens with zero attached hydrogens (tertiary/aromatic N) is 2. The molecular weight excluding hydrogens is 387 g/mol. The van der Waals surface area contributed by atoms with Crippen LogP contribution in [-0.4, -0.2) is 4.57 Å². The van der Waals surface area contributed by atoms with Gasteiger partial charge >= 0.3 is 0 Å². The third-order valence-corrected chi connectivity index (χ3v) is 5.40. The van der Waals surface area contributed by atoms with Gasteiger partial charge in [-0.3, -0.25) is 0 Å². The van der Waals surface area contributed by atoms with E-state index in [9.17, 15) is 5.26 Å². The van der Waals surface area contributed by atoms with Crippen molar-refractivity contribution < 1.29 is 0 Å². The normalized spacial score (nSPS) is 11.5. The molecule has 3 aromatic carbocycles. The minimum absolute atomic E-state index is 0.548. The molecule has 0 atom stereocenters. The Morgan fingerprint density at radius 1 is 0.929 bits per heavy atom. The zero-order valence-corrected chi connectivity index (χ0v) is 16.5. The standard InChI is InChI=1S/C24H16Cl2N2/c25-22-11-10-17(12-23(22)26)15-28-16-20(21-8-4-5-9-24(21)28)13-19(14-27)18-6-2-1-3-7-18/h1-13,16H,15H2/b19-13+. The molecule has 0 saturated heterocycles. The fraction of sp³-hybridized carbons (Fsp3) is 0.0417. The van der Waals surface area contributed by atoms with E-state index in [1.807, 2.05) is 66.7 Å². The van der Waals surface area contributed by atoms with Gasteiger partial charge in [0, 0.05) is 29.2 Å². The molecule has 0 saturated carbocycles. The van der Waals surface area contributed by atoms with Crippen molar-refractivity contribution in [2.45, 2.75) is 6.54 Å². The van der Waals surface area contributed by atoms with Crippen LogP contribution in [0.2, 0.25) is 10.0 Å². The average Bonchev–Trinajstić information content (AvgIpc) is 3.07. The molecule has 1 heterocycles. The second kappa shape index (κ2) is 7.94. The lowest BCUT2D eigenvalue weighted by Gasteiger charge is -2.06. The van der Waals surface area contributed by atoms with Crippen LogP contribution < -0.4 is 0 Å². The van der Waals surface area contributed by atoms with Crippen LogP contribution in [0.25, 0.3) is 22.6 Å². The summed E-state index contributed by atoms with van der Waals surface area (Å²) in [6.07, 6.45) is 4.02. The second-order valence-corrected chi connectivity index (χ2v) is 7.33. The van der Waals surface area contributed by atoms with Crippen LogP contribution in [0.15, 0.2) is 79.0 Å². The highest BCUT2D eigenvalue weighted by Gasteiger charge is 2.10. The van der Waals surface area contributed by atoms with E-state index < -0.39 is 0 Å². The number of para-hydroxylation sites is 1. The first kappa shape index (κ1) is 18.4. The van der Waals surface area contributed by atoms with E-state index in [1.165, 1.54) is 0 Å². The Balaban J connectivity index is 1.79. The molecule has 2 nitrogen and oxygen atoms in total. The molecule has 4 heteroatoms. The zero-order valence-electron chi connectivity index (χ0n) is 14.9. The lowest BCUT2D eigenvalue weighted by Crippen LogP contribution is -1.97. The summed E-state index contributed by atoms with van der Waals surface area (Å²) in [7, 11) is 0. The van der Waals surface area contributed by atoms with Crippen LogP contribution >= 0.6 is 23.2 Å². The molecule has 0 fully saturated rings. The fourth-order valence-electron chi connectivity index (χ4n) is 3.31. The summed E-state index contributed by atoms with van der Waals surface area (Å²) in [6.45, 7) is 0.665. The molecular formula is C24H16Cl2N2. The van der Waals surface area contributed by atoms with Gasteiger partial charge in [-0.15, -0.1) is 0 Å². The number of halogens is 2. The van der Waals surface area contributed by atoms with Crippen molar-refractivity contribution >= 4 is 45.8 Å². The van der Waals surface area contributed by atoms with Crippen molar-refractivity contribution in [1.82, 2.24) is 4.57 Å². The molecule has 4 aromatic rings. The van der Waals surface area contributed by atoms with Gasteiger partial charge in [-0.2, -0.15) is 5.26 Å². The summed E-state index contributed by atoms with van der Waals surface area (Å²) in [6, 6.07) is 25.9. The van der Waals surface area contributed by atoms with E-state index in [1.54, 1.807) is 0 Å². The van der Waals surface area contributed by atoms with E-state index in [4.69, 9.17) is 23.2 Å². The lowest BCUT2D eigenvalue weighted by molar-refractivity contribution is 0.836. The number of rotatable bonds is 4. The van der Waals surface area contributed by atoms with Crippen molar-refractivity contribution in [2.75, 3.05) is 0 Å². The number of aromatic nitrogens is 1. The van der Waals surface area contributed by atoms with Crippen LogP contribution in [-0.2, 0) is 6.54 Å². The SMILES string of the molecule is N#C/C(=C\c1cn(Cc2ccc(Cl)c(Cl)c2)c2ccccc12)c1ccccc1. The van der Waals surface area contributed by atoms with Gasteiger partial charge < -0.3 is 4.57 Å². The van der Waals surface area contributed by atoms with Gasteiger partial charge in [0.05, 0.1) is 21.7 Å². The third kappa shape index (κ3) is 3.68. The fourth-order valence-corrected chi connectivity index (χ4v) is 3.63. The van der Waals surface area contributed by atoms with Crippen LogP contribution in [0.4, 0.5) is 0 Å². The van der Waals surface area contributed by atoms with Gasteiger partial charge in [0.25, 0.3) is 0 Å². The molecule has 0 radical (unpaired) electrons. The minimum atomic E-state index is 0.548. The molecule has 0 bridgehead atoms. The minimum Gasteiger partial charge on any atom is -0.342 e. The summed E-state index contributed by atoms with van der Waals surface area (Å²) < 4.78 is 2.17. The average molecular weight is 403 g/mol. The molecule has 1 aromatic heterocycles. The molecule has 0 unspecified atom stereocenters. The van der Waals surface area contributed by atoms with Gasteiger partial charge in [0.2, 0.25) is 0 Å². The molecule has 0 aliphatic heterocycles. The first-order valence-corrected chi connectivity index (χ1v) is 9.60. The molecule has 136 valence electrons. The monoisotopic (exact) mass is 402 g/mol. The Hall–Kier alpha value is -2.99. The van der Waals surface area contributed by atoms with Gasteiger partial charge in [-0.25, -0.2) is 0 Å². The van der Waals surface area contributed by atoms with E-state index >= 15 is 0 Å². The molecule has 4 rings (SSSR count).